The van der Waals surface area contributed by atoms with Crippen molar-refractivity contribution in [3.63, 3.8) is 0 Å². The van der Waals surface area contributed by atoms with Crippen LogP contribution >= 0.6 is 24.0 Å². The van der Waals surface area contributed by atoms with Gasteiger partial charge in [-0.1, -0.05) is 42.5 Å². The van der Waals surface area contributed by atoms with Crippen LogP contribution in [-0.2, 0) is 5.75 Å². The molecule has 0 aliphatic rings. The number of pyridine rings is 1. The fourth-order valence-corrected chi connectivity index (χ4v) is 2.37. The highest BCUT2D eigenvalue weighted by Gasteiger charge is 2.01. The molecule has 80 valence electrons. The quantitative estimate of drug-likeness (QED) is 0.765. The predicted molar refractivity (Wildman–Crippen MR) is 73.7 cm³/mol. The van der Waals surface area contributed by atoms with Crippen LogP contribution < -0.4 is 0 Å². The van der Waals surface area contributed by atoms with Crippen molar-refractivity contribution in [2.45, 2.75) is 5.75 Å². The average Bonchev–Trinajstić information content (AvgIpc) is 2.38. The van der Waals surface area contributed by atoms with Crippen molar-refractivity contribution in [3.05, 3.63) is 66.0 Å². The van der Waals surface area contributed by atoms with Crippen molar-refractivity contribution in [3.8, 4) is 0 Å². The molecule has 0 N–H and O–H groups in total. The third-order valence-corrected chi connectivity index (χ3v) is 3.67. The number of hydrogen-bond acceptors (Lipinski definition) is 3. The Morgan fingerprint density at radius 1 is 1.12 bits per heavy atom. The number of nitrogens with zero attached hydrogens (tertiary/aromatic N) is 1. The number of thioether (sulfide) groups is 1. The number of thiocarbonyl (C=S) groups is 1. The first kappa shape index (κ1) is 11.3. The Bertz CT molecular complexity index is 454. The minimum Gasteiger partial charge on any atom is -0.264 e. The molecule has 2 rings (SSSR count). The molecule has 0 aliphatic heterocycles. The summed E-state index contributed by atoms with van der Waals surface area (Å²) in [6.07, 6.45) is 3.56. The minimum atomic E-state index is 0.900. The summed E-state index contributed by atoms with van der Waals surface area (Å²) in [5.41, 5.74) is 2.32. The maximum Gasteiger partial charge on any atom is 0.0797 e. The molecule has 0 bridgehead atoms. The Hall–Kier alpha value is -1.19. The second-order valence-corrected chi connectivity index (χ2v) is 4.96. The Morgan fingerprint density at radius 2 is 1.94 bits per heavy atom. The summed E-state index contributed by atoms with van der Waals surface area (Å²) in [7, 11) is 0. The van der Waals surface area contributed by atoms with Gasteiger partial charge >= 0.3 is 0 Å². The molecule has 0 atom stereocenters. The van der Waals surface area contributed by atoms with E-state index in [9.17, 15) is 0 Å². The number of hydrogen-bond donors (Lipinski definition) is 0. The molecule has 1 heterocycles. The average molecular weight is 245 g/mol. The summed E-state index contributed by atoms with van der Waals surface area (Å²) >= 11 is 7.02. The lowest BCUT2D eigenvalue weighted by molar-refractivity contribution is 1.32. The summed E-state index contributed by atoms with van der Waals surface area (Å²) in [4.78, 5) is 4.06. The summed E-state index contributed by atoms with van der Waals surface area (Å²) < 4.78 is 0.900. The highest BCUT2D eigenvalue weighted by Crippen LogP contribution is 2.18. The molecule has 1 nitrogen and oxygen atoms in total. The zero-order valence-electron chi connectivity index (χ0n) is 8.67. The van der Waals surface area contributed by atoms with E-state index < -0.39 is 0 Å². The van der Waals surface area contributed by atoms with Crippen LogP contribution in [0.4, 0.5) is 0 Å². The topological polar surface area (TPSA) is 12.9 Å². The summed E-state index contributed by atoms with van der Waals surface area (Å²) in [5, 5.41) is 0. The molecular weight excluding hydrogens is 234 g/mol. The van der Waals surface area contributed by atoms with E-state index in [-0.39, 0.29) is 0 Å². The van der Waals surface area contributed by atoms with Crippen molar-refractivity contribution in [2.75, 3.05) is 0 Å². The summed E-state index contributed by atoms with van der Waals surface area (Å²) in [6.45, 7) is 0. The van der Waals surface area contributed by atoms with Gasteiger partial charge < -0.3 is 0 Å². The fourth-order valence-electron chi connectivity index (χ4n) is 1.29. The van der Waals surface area contributed by atoms with E-state index in [2.05, 4.69) is 17.1 Å². The lowest BCUT2D eigenvalue weighted by Crippen LogP contribution is -1.93. The second kappa shape index (κ2) is 5.77. The van der Waals surface area contributed by atoms with Gasteiger partial charge in [-0.3, -0.25) is 4.98 Å². The highest BCUT2D eigenvalue weighted by molar-refractivity contribution is 8.23. The molecule has 0 saturated heterocycles. The van der Waals surface area contributed by atoms with E-state index in [4.69, 9.17) is 12.2 Å². The molecule has 16 heavy (non-hydrogen) atoms. The molecule has 0 saturated carbocycles. The van der Waals surface area contributed by atoms with Crippen LogP contribution in [0.5, 0.6) is 0 Å². The van der Waals surface area contributed by atoms with Crippen LogP contribution in [0, 0.1) is 0 Å². The minimum absolute atomic E-state index is 0.900. The molecule has 2 aromatic rings. The van der Waals surface area contributed by atoms with E-state index in [0.29, 0.717) is 0 Å². The van der Waals surface area contributed by atoms with Gasteiger partial charge in [0.2, 0.25) is 0 Å². The third kappa shape index (κ3) is 3.15. The second-order valence-electron chi connectivity index (χ2n) is 3.30. The predicted octanol–water partition coefficient (Wildman–Crippen LogP) is 3.69. The van der Waals surface area contributed by atoms with Gasteiger partial charge in [0.05, 0.1) is 4.20 Å². The Morgan fingerprint density at radius 3 is 2.62 bits per heavy atom. The van der Waals surface area contributed by atoms with Gasteiger partial charge in [-0.2, -0.15) is 0 Å². The summed E-state index contributed by atoms with van der Waals surface area (Å²) in [5.74, 6) is 0.911. The molecule has 3 heteroatoms. The lowest BCUT2D eigenvalue weighted by Gasteiger charge is -2.03. The molecule has 1 aromatic carbocycles. The van der Waals surface area contributed by atoms with Gasteiger partial charge in [0.25, 0.3) is 0 Å². The molecule has 0 aliphatic carbocycles. The maximum absolute atomic E-state index is 5.34. The zero-order chi connectivity index (χ0) is 11.2. The van der Waals surface area contributed by atoms with E-state index in [1.54, 1.807) is 24.2 Å². The lowest BCUT2D eigenvalue weighted by atomic mass is 10.2. The SMILES string of the molecule is S=C(SCc1ccccc1)c1cccnc1. The molecule has 1 aromatic heterocycles. The smallest absolute Gasteiger partial charge is 0.0797 e. The summed E-state index contributed by atoms with van der Waals surface area (Å²) in [6, 6.07) is 14.2. The first-order valence-corrected chi connectivity index (χ1v) is 6.37. The Balaban J connectivity index is 1.95. The van der Waals surface area contributed by atoms with E-state index in [1.807, 2.05) is 30.3 Å². The first-order chi connectivity index (χ1) is 7.86. The van der Waals surface area contributed by atoms with Gasteiger partial charge in [0.15, 0.2) is 0 Å². The standard InChI is InChI=1S/C13H11NS2/c15-13(12-7-4-8-14-9-12)16-10-11-5-2-1-3-6-11/h1-9H,10H2. The van der Waals surface area contributed by atoms with Gasteiger partial charge in [0.1, 0.15) is 0 Å². The van der Waals surface area contributed by atoms with Crippen molar-refractivity contribution in [1.82, 2.24) is 4.98 Å². The van der Waals surface area contributed by atoms with Crippen LogP contribution in [0.3, 0.4) is 0 Å². The Kier molecular flexibility index (Phi) is 4.08. The van der Waals surface area contributed by atoms with Crippen molar-refractivity contribution < 1.29 is 0 Å². The van der Waals surface area contributed by atoms with Crippen LogP contribution in [0.25, 0.3) is 0 Å². The molecule has 0 fully saturated rings. The molecule has 0 amide bonds. The highest BCUT2D eigenvalue weighted by atomic mass is 32.2. The zero-order valence-corrected chi connectivity index (χ0v) is 10.3. The molecule has 0 unspecified atom stereocenters. The van der Waals surface area contributed by atoms with Gasteiger partial charge in [-0.05, 0) is 17.7 Å². The largest absolute Gasteiger partial charge is 0.264 e. The van der Waals surface area contributed by atoms with Gasteiger partial charge in [-0.25, -0.2) is 0 Å². The van der Waals surface area contributed by atoms with Crippen molar-refractivity contribution in [1.29, 1.82) is 0 Å². The molecule has 0 spiro atoms. The number of rotatable bonds is 3. The van der Waals surface area contributed by atoms with Crippen LogP contribution in [-0.4, -0.2) is 9.18 Å². The number of aromatic nitrogens is 1. The van der Waals surface area contributed by atoms with Gasteiger partial charge in [-0.15, -0.1) is 11.8 Å². The van der Waals surface area contributed by atoms with E-state index in [0.717, 1.165) is 15.5 Å². The van der Waals surface area contributed by atoms with E-state index >= 15 is 0 Å². The van der Waals surface area contributed by atoms with E-state index in [1.165, 1.54) is 5.56 Å². The van der Waals surface area contributed by atoms with Crippen molar-refractivity contribution >= 4 is 28.2 Å². The third-order valence-electron chi connectivity index (χ3n) is 2.11. The normalized spacial score (nSPS) is 10.0. The first-order valence-electron chi connectivity index (χ1n) is 4.97. The monoisotopic (exact) mass is 245 g/mol. The Labute approximate surface area is 105 Å². The number of benzene rings is 1. The fraction of sp³-hybridized carbons (Fsp3) is 0.0769. The molecule has 0 radical (unpaired) electrons. The molecular formula is C13H11NS2. The van der Waals surface area contributed by atoms with Crippen LogP contribution in [0.15, 0.2) is 54.9 Å². The maximum atomic E-state index is 5.34. The van der Waals surface area contributed by atoms with Crippen LogP contribution in [0.1, 0.15) is 11.1 Å². The van der Waals surface area contributed by atoms with Crippen molar-refractivity contribution in [2.24, 2.45) is 0 Å². The van der Waals surface area contributed by atoms with Gasteiger partial charge in [0, 0.05) is 23.7 Å². The van der Waals surface area contributed by atoms with Crippen LogP contribution in [0.2, 0.25) is 0 Å².